The van der Waals surface area contributed by atoms with Crippen LogP contribution in [0.15, 0.2) is 103 Å². The Hall–Kier alpha value is -2.25. The van der Waals surface area contributed by atoms with E-state index in [-0.39, 0.29) is 6.29 Å². The molecule has 3 rings (SSSR count). The molecule has 0 radical (unpaired) electrons. The van der Waals surface area contributed by atoms with E-state index >= 15 is 0 Å². The summed E-state index contributed by atoms with van der Waals surface area (Å²) in [7, 11) is -1.73. The molecule has 0 atom stereocenters. The largest absolute Gasteiger partial charge is 0.353 e. The number of ether oxygens (including phenoxy) is 2. The summed E-state index contributed by atoms with van der Waals surface area (Å²) in [6, 6.07) is 33.9. The Bertz CT molecular complexity index is 1110. The van der Waals surface area contributed by atoms with Crippen LogP contribution in [0.2, 0.25) is 0 Å². The molecular formula is C49H76O2P+. The van der Waals surface area contributed by atoms with E-state index in [1.165, 1.54) is 157 Å². The minimum Gasteiger partial charge on any atom is -0.353 e. The average Bonchev–Trinajstić information content (AvgIpc) is 3.19. The van der Waals surface area contributed by atoms with Gasteiger partial charge in [0.25, 0.3) is 0 Å². The van der Waals surface area contributed by atoms with Crippen LogP contribution in [0, 0.1) is 0 Å². The molecular weight excluding hydrogens is 652 g/mol. The summed E-state index contributed by atoms with van der Waals surface area (Å²) in [6.07, 6.45) is 35.6. The third-order valence-electron chi connectivity index (χ3n) is 10.5. The van der Waals surface area contributed by atoms with Gasteiger partial charge in [0.15, 0.2) is 6.29 Å². The van der Waals surface area contributed by atoms with Crippen LogP contribution in [0.1, 0.15) is 162 Å². The predicted molar refractivity (Wildman–Crippen MR) is 232 cm³/mol. The average molecular weight is 728 g/mol. The van der Waals surface area contributed by atoms with Crippen molar-refractivity contribution in [1.29, 1.82) is 0 Å². The van der Waals surface area contributed by atoms with Crippen LogP contribution in [-0.2, 0) is 9.47 Å². The smallest absolute Gasteiger partial charge is 0.157 e. The van der Waals surface area contributed by atoms with Crippen LogP contribution in [0.5, 0.6) is 0 Å². The molecule has 0 aliphatic carbocycles. The standard InChI is InChI=1S/C49H76O2P/c1-3-5-7-9-11-16-20-33-43-50-49(51-44-34-21-17-12-10-8-6-4-2)42-32-19-15-13-14-18-22-35-45-52(46-36-26-23-27-37-46,47-38-28-24-29-39-47)48-40-30-25-31-41-48/h14,18,23-31,36-41,49H,3-13,15-17,19-22,32-35,42-45H2,1-2H3/q+1/b18-14+. The van der Waals surface area contributed by atoms with Gasteiger partial charge in [0.2, 0.25) is 0 Å². The van der Waals surface area contributed by atoms with E-state index in [1.807, 2.05) is 0 Å². The van der Waals surface area contributed by atoms with Crippen LogP contribution in [-0.4, -0.2) is 25.7 Å². The van der Waals surface area contributed by atoms with Gasteiger partial charge in [-0.2, -0.15) is 0 Å². The van der Waals surface area contributed by atoms with Gasteiger partial charge in [-0.1, -0.05) is 177 Å². The Morgan fingerprint density at radius 1 is 0.423 bits per heavy atom. The molecule has 0 bridgehead atoms. The van der Waals surface area contributed by atoms with Gasteiger partial charge in [-0.25, -0.2) is 0 Å². The lowest BCUT2D eigenvalue weighted by molar-refractivity contribution is -0.148. The van der Waals surface area contributed by atoms with E-state index in [9.17, 15) is 0 Å². The van der Waals surface area contributed by atoms with Gasteiger partial charge in [0.1, 0.15) is 23.2 Å². The molecule has 0 aliphatic heterocycles. The summed E-state index contributed by atoms with van der Waals surface area (Å²) in [5.41, 5.74) is 0. The molecule has 2 nitrogen and oxygen atoms in total. The molecule has 0 aliphatic rings. The molecule has 3 heteroatoms. The lowest BCUT2D eigenvalue weighted by atomic mass is 10.1. The summed E-state index contributed by atoms with van der Waals surface area (Å²) in [6.45, 7) is 6.28. The number of allylic oxidation sites excluding steroid dienone is 2. The van der Waals surface area contributed by atoms with Gasteiger partial charge in [-0.15, -0.1) is 0 Å². The lowest BCUT2D eigenvalue weighted by Crippen LogP contribution is -2.33. The zero-order chi connectivity index (χ0) is 36.6. The maximum atomic E-state index is 6.32. The molecule has 0 unspecified atom stereocenters. The highest BCUT2D eigenvalue weighted by molar-refractivity contribution is 7.95. The second-order valence-corrected chi connectivity index (χ2v) is 18.5. The SMILES string of the molecule is CCCCCCCCCCOC(CCCCC/C=C/CCC[P+](c1ccccc1)(c1ccccc1)c1ccccc1)OCCCCCCCCCC. The summed E-state index contributed by atoms with van der Waals surface area (Å²) in [4.78, 5) is 0. The normalized spacial score (nSPS) is 12.0. The molecule has 0 N–H and O–H groups in total. The molecule has 3 aromatic rings. The predicted octanol–water partition coefficient (Wildman–Crippen LogP) is 13.9. The third-order valence-corrected chi connectivity index (χ3v) is 15.1. The molecule has 0 spiro atoms. The Morgan fingerprint density at radius 2 is 0.788 bits per heavy atom. The first-order valence-corrected chi connectivity index (χ1v) is 23.7. The van der Waals surface area contributed by atoms with E-state index < -0.39 is 7.26 Å². The van der Waals surface area contributed by atoms with Gasteiger partial charge < -0.3 is 9.47 Å². The Balaban J connectivity index is 1.38. The van der Waals surface area contributed by atoms with Crippen molar-refractivity contribution in [3.63, 3.8) is 0 Å². The van der Waals surface area contributed by atoms with Crippen molar-refractivity contribution in [1.82, 2.24) is 0 Å². The first kappa shape index (κ1) is 44.1. The zero-order valence-corrected chi connectivity index (χ0v) is 34.4. The highest BCUT2D eigenvalue weighted by Gasteiger charge is 2.44. The van der Waals surface area contributed by atoms with Crippen LogP contribution >= 0.6 is 7.26 Å². The van der Waals surface area contributed by atoms with Gasteiger partial charge in [0, 0.05) is 13.2 Å². The maximum Gasteiger partial charge on any atom is 0.157 e. The molecule has 0 saturated carbocycles. The summed E-state index contributed by atoms with van der Waals surface area (Å²) in [5.74, 6) is 0. The van der Waals surface area contributed by atoms with Crippen LogP contribution < -0.4 is 15.9 Å². The van der Waals surface area contributed by atoms with Crippen molar-refractivity contribution in [2.24, 2.45) is 0 Å². The van der Waals surface area contributed by atoms with Gasteiger partial charge in [-0.05, 0) is 87.8 Å². The van der Waals surface area contributed by atoms with Crippen LogP contribution in [0.25, 0.3) is 0 Å². The minimum absolute atomic E-state index is 0.0212. The van der Waals surface area contributed by atoms with Crippen molar-refractivity contribution in [3.8, 4) is 0 Å². The summed E-state index contributed by atoms with van der Waals surface area (Å²) < 4.78 is 12.6. The quantitative estimate of drug-likeness (QED) is 0.0269. The van der Waals surface area contributed by atoms with E-state index in [0.29, 0.717) is 0 Å². The number of hydrogen-bond donors (Lipinski definition) is 0. The molecule has 3 aromatic carbocycles. The fraction of sp³-hybridized carbons (Fsp3) is 0.592. The van der Waals surface area contributed by atoms with Crippen molar-refractivity contribution in [2.75, 3.05) is 19.4 Å². The van der Waals surface area contributed by atoms with Gasteiger partial charge >= 0.3 is 0 Å². The Labute approximate surface area is 321 Å². The first-order valence-electron chi connectivity index (χ1n) is 21.7. The van der Waals surface area contributed by atoms with Crippen molar-refractivity contribution in [2.45, 2.75) is 168 Å². The van der Waals surface area contributed by atoms with Gasteiger partial charge in [-0.3, -0.25) is 0 Å². The zero-order valence-electron chi connectivity index (χ0n) is 33.5. The van der Waals surface area contributed by atoms with Gasteiger partial charge in [0.05, 0.1) is 6.16 Å². The van der Waals surface area contributed by atoms with Crippen molar-refractivity contribution < 1.29 is 9.47 Å². The maximum absolute atomic E-state index is 6.32. The fourth-order valence-electron chi connectivity index (χ4n) is 7.43. The highest BCUT2D eigenvalue weighted by atomic mass is 31.2. The fourth-order valence-corrected chi connectivity index (χ4v) is 11.8. The monoisotopic (exact) mass is 728 g/mol. The summed E-state index contributed by atoms with van der Waals surface area (Å²) in [5, 5.41) is 4.45. The lowest BCUT2D eigenvalue weighted by Gasteiger charge is -2.27. The molecule has 0 amide bonds. The number of benzene rings is 3. The number of hydrogen-bond acceptors (Lipinski definition) is 2. The van der Waals surface area contributed by atoms with Crippen molar-refractivity contribution in [3.05, 3.63) is 103 Å². The Morgan fingerprint density at radius 3 is 1.21 bits per heavy atom. The second-order valence-electron chi connectivity index (χ2n) is 14.9. The topological polar surface area (TPSA) is 18.5 Å². The second kappa shape index (κ2) is 30.1. The molecule has 52 heavy (non-hydrogen) atoms. The Kier molecular flexibility index (Phi) is 25.6. The minimum atomic E-state index is -1.73. The van der Waals surface area contributed by atoms with E-state index in [4.69, 9.17) is 9.47 Å². The number of rotatable bonds is 33. The first-order chi connectivity index (χ1) is 25.8. The van der Waals surface area contributed by atoms with Crippen LogP contribution in [0.4, 0.5) is 0 Å². The molecule has 0 heterocycles. The van der Waals surface area contributed by atoms with Crippen molar-refractivity contribution >= 4 is 23.2 Å². The molecule has 0 saturated heterocycles. The van der Waals surface area contributed by atoms with E-state index in [2.05, 4.69) is 117 Å². The van der Waals surface area contributed by atoms with E-state index in [1.54, 1.807) is 0 Å². The number of unbranched alkanes of at least 4 members (excludes halogenated alkanes) is 18. The van der Waals surface area contributed by atoms with Crippen LogP contribution in [0.3, 0.4) is 0 Å². The summed E-state index contributed by atoms with van der Waals surface area (Å²) >= 11 is 0. The molecule has 288 valence electrons. The van der Waals surface area contributed by atoms with E-state index in [0.717, 1.165) is 26.1 Å². The molecule has 0 aromatic heterocycles. The highest BCUT2D eigenvalue weighted by Crippen LogP contribution is 2.55. The molecule has 0 fully saturated rings. The third kappa shape index (κ3) is 18.2.